The summed E-state index contributed by atoms with van der Waals surface area (Å²) in [6.07, 6.45) is 0.195. The maximum atomic E-state index is 6.01. The Morgan fingerprint density at radius 1 is 1.20 bits per heavy atom. The van der Waals surface area contributed by atoms with Gasteiger partial charge < -0.3 is 15.2 Å². The number of nitrogens with zero attached hydrogens (tertiary/aromatic N) is 1. The predicted octanol–water partition coefficient (Wildman–Crippen LogP) is 3.39. The van der Waals surface area contributed by atoms with Crippen LogP contribution in [-0.2, 0) is 11.3 Å². The van der Waals surface area contributed by atoms with E-state index >= 15 is 0 Å². The van der Waals surface area contributed by atoms with Gasteiger partial charge in [-0.3, -0.25) is 0 Å². The van der Waals surface area contributed by atoms with Crippen molar-refractivity contribution in [2.24, 2.45) is 5.92 Å². The van der Waals surface area contributed by atoms with Crippen LogP contribution in [0, 0.1) is 5.92 Å². The van der Waals surface area contributed by atoms with E-state index in [9.17, 15) is 0 Å². The second-order valence-electron chi connectivity index (χ2n) is 5.35. The van der Waals surface area contributed by atoms with Gasteiger partial charge in [0.1, 0.15) is 11.6 Å². The molecule has 1 unspecified atom stereocenters. The number of hydrogen-bond acceptors (Lipinski definition) is 4. The maximum Gasteiger partial charge on any atom is 0.129 e. The lowest BCUT2D eigenvalue weighted by Gasteiger charge is -2.17. The summed E-state index contributed by atoms with van der Waals surface area (Å²) in [6, 6.07) is 7.81. The van der Waals surface area contributed by atoms with Crippen LogP contribution in [0.4, 0.5) is 5.82 Å². The Balaban J connectivity index is 2.24. The summed E-state index contributed by atoms with van der Waals surface area (Å²) in [7, 11) is 1.64. The van der Waals surface area contributed by atoms with Gasteiger partial charge in [0.15, 0.2) is 0 Å². The van der Waals surface area contributed by atoms with Gasteiger partial charge >= 0.3 is 0 Å². The highest BCUT2D eigenvalue weighted by atomic mass is 16.5. The molecule has 1 aromatic heterocycles. The van der Waals surface area contributed by atoms with Crippen LogP contribution in [0.1, 0.15) is 26.3 Å². The van der Waals surface area contributed by atoms with Crippen LogP contribution in [0.5, 0.6) is 5.75 Å². The summed E-state index contributed by atoms with van der Waals surface area (Å²) < 4.78 is 11.0. The fourth-order valence-electron chi connectivity index (χ4n) is 1.86. The van der Waals surface area contributed by atoms with Gasteiger partial charge in [0.2, 0.25) is 0 Å². The molecule has 1 atom stereocenters. The molecule has 4 nitrogen and oxygen atoms in total. The molecule has 0 aliphatic rings. The average Bonchev–Trinajstić information content (AvgIpc) is 2.43. The minimum absolute atomic E-state index is 0.195. The highest BCUT2D eigenvalue weighted by Crippen LogP contribution is 2.23. The molecule has 0 saturated heterocycles. The number of hydrogen-bond donors (Lipinski definition) is 1. The molecule has 1 heterocycles. The molecule has 0 spiro atoms. The van der Waals surface area contributed by atoms with E-state index in [0.717, 1.165) is 22.2 Å². The highest BCUT2D eigenvalue weighted by Gasteiger charge is 2.10. The molecule has 4 heteroatoms. The second kappa shape index (κ2) is 6.09. The van der Waals surface area contributed by atoms with Crippen LogP contribution in [0.25, 0.3) is 10.9 Å². The third-order valence-corrected chi connectivity index (χ3v) is 3.58. The largest absolute Gasteiger partial charge is 0.497 e. The van der Waals surface area contributed by atoms with Crippen LogP contribution in [0.15, 0.2) is 24.3 Å². The lowest BCUT2D eigenvalue weighted by atomic mass is 10.1. The lowest BCUT2D eigenvalue weighted by Crippen LogP contribution is -2.15. The average molecular weight is 274 g/mol. The van der Waals surface area contributed by atoms with E-state index in [0.29, 0.717) is 18.3 Å². The molecule has 0 aliphatic carbocycles. The van der Waals surface area contributed by atoms with Crippen molar-refractivity contribution in [2.75, 3.05) is 12.8 Å². The van der Waals surface area contributed by atoms with Crippen molar-refractivity contribution in [1.29, 1.82) is 0 Å². The van der Waals surface area contributed by atoms with Crippen molar-refractivity contribution in [3.05, 3.63) is 29.8 Å². The van der Waals surface area contributed by atoms with Gasteiger partial charge in [-0.15, -0.1) is 0 Å². The summed E-state index contributed by atoms with van der Waals surface area (Å²) in [5, 5.41) is 1.04. The molecule has 0 bridgehead atoms. The number of pyridine rings is 1. The van der Waals surface area contributed by atoms with E-state index in [4.69, 9.17) is 15.2 Å². The number of methoxy groups -OCH3 is 1. The third-order valence-electron chi connectivity index (χ3n) is 3.58. The number of aromatic nitrogens is 1. The Bertz CT molecular complexity index is 596. The fourth-order valence-corrected chi connectivity index (χ4v) is 1.86. The number of benzene rings is 1. The minimum Gasteiger partial charge on any atom is -0.497 e. The van der Waals surface area contributed by atoms with Crippen molar-refractivity contribution < 1.29 is 9.47 Å². The maximum absolute atomic E-state index is 6.01. The van der Waals surface area contributed by atoms with Crippen LogP contribution >= 0.6 is 0 Å². The van der Waals surface area contributed by atoms with E-state index in [-0.39, 0.29) is 6.10 Å². The summed E-state index contributed by atoms with van der Waals surface area (Å²) in [5.41, 5.74) is 7.77. The molecule has 2 rings (SSSR count). The fraction of sp³-hybridized carbons (Fsp3) is 0.438. The summed E-state index contributed by atoms with van der Waals surface area (Å²) >= 11 is 0. The van der Waals surface area contributed by atoms with Crippen molar-refractivity contribution >= 4 is 16.7 Å². The smallest absolute Gasteiger partial charge is 0.129 e. The Hall–Kier alpha value is -1.81. The second-order valence-corrected chi connectivity index (χ2v) is 5.35. The Morgan fingerprint density at radius 3 is 2.60 bits per heavy atom. The van der Waals surface area contributed by atoms with Gasteiger partial charge in [0.05, 0.1) is 25.3 Å². The van der Waals surface area contributed by atoms with Gasteiger partial charge in [-0.25, -0.2) is 4.98 Å². The highest BCUT2D eigenvalue weighted by molar-refractivity contribution is 5.82. The normalized spacial score (nSPS) is 12.8. The van der Waals surface area contributed by atoms with Gasteiger partial charge in [-0.2, -0.15) is 0 Å². The van der Waals surface area contributed by atoms with Crippen molar-refractivity contribution in [3.8, 4) is 5.75 Å². The van der Waals surface area contributed by atoms with E-state index < -0.39 is 0 Å². The Morgan fingerprint density at radius 2 is 1.95 bits per heavy atom. The number of rotatable bonds is 5. The first kappa shape index (κ1) is 14.6. The number of nitrogens with two attached hydrogens (primary N) is 1. The van der Waals surface area contributed by atoms with Crippen molar-refractivity contribution in [2.45, 2.75) is 33.5 Å². The molecule has 0 amide bonds. The summed E-state index contributed by atoms with van der Waals surface area (Å²) in [5.74, 6) is 1.78. The molecule has 0 aliphatic heterocycles. The van der Waals surface area contributed by atoms with Crippen LogP contribution in [-0.4, -0.2) is 18.2 Å². The van der Waals surface area contributed by atoms with Crippen LogP contribution in [0.3, 0.4) is 0 Å². The minimum atomic E-state index is 0.195. The van der Waals surface area contributed by atoms with E-state index in [1.54, 1.807) is 7.11 Å². The molecular weight excluding hydrogens is 252 g/mol. The number of fused-ring (bicyclic) bond motifs is 1. The standard InChI is InChI=1S/C16H22N2O2/c1-10(2)11(3)20-9-13-7-12-5-6-14(19-4)8-15(12)18-16(13)17/h5-8,10-11H,9H2,1-4H3,(H2,17,18). The van der Waals surface area contributed by atoms with Gasteiger partial charge in [0, 0.05) is 17.0 Å². The lowest BCUT2D eigenvalue weighted by molar-refractivity contribution is 0.0237. The number of ether oxygens (including phenoxy) is 2. The van der Waals surface area contributed by atoms with E-state index in [1.807, 2.05) is 24.3 Å². The molecule has 1 aromatic carbocycles. The Kier molecular flexibility index (Phi) is 4.45. The number of anilines is 1. The quantitative estimate of drug-likeness (QED) is 0.908. The monoisotopic (exact) mass is 274 g/mol. The molecule has 2 N–H and O–H groups in total. The van der Waals surface area contributed by atoms with Crippen molar-refractivity contribution in [1.82, 2.24) is 4.98 Å². The zero-order valence-corrected chi connectivity index (χ0v) is 12.5. The first-order valence-corrected chi connectivity index (χ1v) is 6.86. The van der Waals surface area contributed by atoms with Crippen LogP contribution < -0.4 is 10.5 Å². The first-order chi connectivity index (χ1) is 9.51. The topological polar surface area (TPSA) is 57.4 Å². The van der Waals surface area contributed by atoms with Gasteiger partial charge in [-0.05, 0) is 31.0 Å². The van der Waals surface area contributed by atoms with E-state index in [2.05, 4.69) is 25.8 Å². The SMILES string of the molecule is COc1ccc2cc(COC(C)C(C)C)c(N)nc2c1. The Labute approximate surface area is 119 Å². The molecule has 108 valence electrons. The molecular formula is C16H22N2O2. The predicted molar refractivity (Wildman–Crippen MR) is 81.8 cm³/mol. The third kappa shape index (κ3) is 3.20. The van der Waals surface area contributed by atoms with E-state index in [1.165, 1.54) is 0 Å². The number of nitrogen functional groups attached to an aromatic ring is 1. The first-order valence-electron chi connectivity index (χ1n) is 6.86. The van der Waals surface area contributed by atoms with Gasteiger partial charge in [-0.1, -0.05) is 13.8 Å². The van der Waals surface area contributed by atoms with Crippen LogP contribution in [0.2, 0.25) is 0 Å². The van der Waals surface area contributed by atoms with Gasteiger partial charge in [0.25, 0.3) is 0 Å². The molecule has 0 saturated carbocycles. The zero-order valence-electron chi connectivity index (χ0n) is 12.5. The zero-order chi connectivity index (χ0) is 14.7. The molecule has 20 heavy (non-hydrogen) atoms. The summed E-state index contributed by atoms with van der Waals surface area (Å²) in [6.45, 7) is 6.83. The molecule has 2 aromatic rings. The molecule has 0 fully saturated rings. The molecule has 0 radical (unpaired) electrons. The van der Waals surface area contributed by atoms with Crippen molar-refractivity contribution in [3.63, 3.8) is 0 Å². The summed E-state index contributed by atoms with van der Waals surface area (Å²) in [4.78, 5) is 4.42.